The highest BCUT2D eigenvalue weighted by molar-refractivity contribution is 6.30. The van der Waals surface area contributed by atoms with Crippen molar-refractivity contribution in [2.75, 3.05) is 14.1 Å². The minimum absolute atomic E-state index is 0.0196. The van der Waals surface area contributed by atoms with Crippen LogP contribution in [0.25, 0.3) is 6.08 Å². The number of carbonyl (C=O) groups excluding carboxylic acids is 3. The first-order chi connectivity index (χ1) is 10.9. The van der Waals surface area contributed by atoms with Gasteiger partial charge in [-0.3, -0.25) is 19.4 Å². The van der Waals surface area contributed by atoms with Crippen LogP contribution in [0, 0.1) is 5.92 Å². The second-order valence-electron chi connectivity index (χ2n) is 5.99. The second-order valence-corrected chi connectivity index (χ2v) is 5.99. The Kier molecular flexibility index (Phi) is 4.98. The van der Waals surface area contributed by atoms with Crippen molar-refractivity contribution in [1.29, 1.82) is 0 Å². The quantitative estimate of drug-likeness (QED) is 0.634. The maximum absolute atomic E-state index is 12.3. The summed E-state index contributed by atoms with van der Waals surface area (Å²) in [4.78, 5) is 38.3. The third-order valence-corrected chi connectivity index (χ3v) is 4.26. The maximum atomic E-state index is 12.3. The molecule has 1 aliphatic rings. The predicted molar refractivity (Wildman–Crippen MR) is 88.5 cm³/mol. The van der Waals surface area contributed by atoms with Crippen molar-refractivity contribution in [3.05, 3.63) is 41.0 Å². The molecule has 1 atom stereocenters. The molecule has 1 aromatic carbocycles. The van der Waals surface area contributed by atoms with Crippen molar-refractivity contribution in [2.45, 2.75) is 26.7 Å². The van der Waals surface area contributed by atoms with Gasteiger partial charge in [-0.05, 0) is 29.5 Å². The molecule has 0 aliphatic carbocycles. The van der Waals surface area contributed by atoms with E-state index in [2.05, 4.69) is 13.8 Å². The van der Waals surface area contributed by atoms with Gasteiger partial charge in [-0.15, -0.1) is 0 Å². The summed E-state index contributed by atoms with van der Waals surface area (Å²) in [6.07, 6.45) is 3.54. The molecule has 1 unspecified atom stereocenters. The van der Waals surface area contributed by atoms with Crippen molar-refractivity contribution >= 4 is 23.9 Å². The van der Waals surface area contributed by atoms with Gasteiger partial charge in [0.15, 0.2) is 0 Å². The van der Waals surface area contributed by atoms with Gasteiger partial charge in [0.1, 0.15) is 5.57 Å². The Hall–Kier alpha value is -2.43. The van der Waals surface area contributed by atoms with E-state index in [1.165, 1.54) is 14.1 Å². The summed E-state index contributed by atoms with van der Waals surface area (Å²) in [5.41, 5.74) is 1.96. The van der Waals surface area contributed by atoms with Crippen molar-refractivity contribution in [1.82, 2.24) is 9.80 Å². The van der Waals surface area contributed by atoms with Crippen molar-refractivity contribution < 1.29 is 14.4 Å². The monoisotopic (exact) mass is 314 g/mol. The lowest BCUT2D eigenvalue weighted by atomic mass is 9.94. The van der Waals surface area contributed by atoms with E-state index >= 15 is 0 Å². The van der Waals surface area contributed by atoms with E-state index in [-0.39, 0.29) is 5.57 Å². The van der Waals surface area contributed by atoms with Gasteiger partial charge < -0.3 is 0 Å². The normalized spacial score (nSPS) is 16.9. The summed E-state index contributed by atoms with van der Waals surface area (Å²) < 4.78 is 0. The number of barbiturate groups is 1. The van der Waals surface area contributed by atoms with E-state index < -0.39 is 17.8 Å². The van der Waals surface area contributed by atoms with Gasteiger partial charge in [-0.1, -0.05) is 44.5 Å². The lowest BCUT2D eigenvalue weighted by Gasteiger charge is -2.29. The van der Waals surface area contributed by atoms with E-state index in [0.29, 0.717) is 5.92 Å². The van der Waals surface area contributed by atoms with Crippen LogP contribution in [0.4, 0.5) is 4.79 Å². The Labute approximate surface area is 136 Å². The van der Waals surface area contributed by atoms with Gasteiger partial charge in [-0.25, -0.2) is 4.79 Å². The number of carbonyl (C=O) groups is 3. The molecular weight excluding hydrogens is 292 g/mol. The molecule has 0 aromatic heterocycles. The van der Waals surface area contributed by atoms with Gasteiger partial charge in [-0.2, -0.15) is 0 Å². The zero-order valence-electron chi connectivity index (χ0n) is 14.0. The first kappa shape index (κ1) is 16.9. The molecule has 0 radical (unpaired) electrons. The van der Waals surface area contributed by atoms with Gasteiger partial charge in [0.2, 0.25) is 0 Å². The number of hydrogen-bond acceptors (Lipinski definition) is 3. The third kappa shape index (κ3) is 3.33. The molecule has 0 bridgehead atoms. The summed E-state index contributed by atoms with van der Waals surface area (Å²) >= 11 is 0. The molecule has 4 amide bonds. The fourth-order valence-electron chi connectivity index (χ4n) is 2.51. The van der Waals surface area contributed by atoms with Crippen LogP contribution in [0.3, 0.4) is 0 Å². The van der Waals surface area contributed by atoms with E-state index in [1.807, 2.05) is 24.3 Å². The number of benzene rings is 1. The van der Waals surface area contributed by atoms with Crippen LogP contribution in [-0.4, -0.2) is 41.7 Å². The van der Waals surface area contributed by atoms with Crippen LogP contribution in [0.15, 0.2) is 29.8 Å². The molecule has 1 aliphatic heterocycles. The minimum atomic E-state index is -0.606. The number of imide groups is 2. The number of rotatable bonds is 4. The number of nitrogens with zero attached hydrogens (tertiary/aromatic N) is 2. The highest BCUT2D eigenvalue weighted by Crippen LogP contribution is 2.22. The molecule has 1 fully saturated rings. The Bertz CT molecular complexity index is 653. The molecule has 122 valence electrons. The Morgan fingerprint density at radius 1 is 1.04 bits per heavy atom. The standard InChI is InChI=1S/C18H22N2O3/c1-5-12(2)10-13-8-6-7-9-14(13)11-15-16(21)19(3)18(23)20(4)17(15)22/h6-9,11-12H,5,10H2,1-4H3. The molecule has 5 heteroatoms. The minimum Gasteiger partial charge on any atom is -0.268 e. The fraction of sp³-hybridized carbons (Fsp3) is 0.389. The predicted octanol–water partition coefficient (Wildman–Crippen LogP) is 2.71. The SMILES string of the molecule is CCC(C)Cc1ccccc1C=C1C(=O)N(C)C(=O)N(C)C1=O. The van der Waals surface area contributed by atoms with Gasteiger partial charge in [0.25, 0.3) is 11.8 Å². The molecule has 0 saturated carbocycles. The first-order valence-electron chi connectivity index (χ1n) is 7.76. The first-order valence-corrected chi connectivity index (χ1v) is 7.76. The maximum Gasteiger partial charge on any atom is 0.333 e. The summed E-state index contributed by atoms with van der Waals surface area (Å²) in [7, 11) is 2.76. The van der Waals surface area contributed by atoms with Crippen LogP contribution >= 0.6 is 0 Å². The zero-order chi connectivity index (χ0) is 17.1. The summed E-state index contributed by atoms with van der Waals surface area (Å²) in [5.74, 6) is -0.605. The third-order valence-electron chi connectivity index (χ3n) is 4.26. The summed E-state index contributed by atoms with van der Waals surface area (Å²) in [6, 6.07) is 7.12. The van der Waals surface area contributed by atoms with E-state index in [4.69, 9.17) is 0 Å². The summed E-state index contributed by atoms with van der Waals surface area (Å²) in [6.45, 7) is 4.30. The summed E-state index contributed by atoms with van der Waals surface area (Å²) in [5, 5.41) is 0. The van der Waals surface area contributed by atoms with Crippen LogP contribution in [0.1, 0.15) is 31.4 Å². The van der Waals surface area contributed by atoms with Gasteiger partial charge >= 0.3 is 6.03 Å². The Morgan fingerprint density at radius 2 is 1.61 bits per heavy atom. The average Bonchev–Trinajstić information content (AvgIpc) is 2.56. The van der Waals surface area contributed by atoms with Crippen molar-refractivity contribution in [2.24, 2.45) is 5.92 Å². The zero-order valence-corrected chi connectivity index (χ0v) is 14.0. The second kappa shape index (κ2) is 6.77. The molecule has 23 heavy (non-hydrogen) atoms. The molecule has 5 nitrogen and oxygen atoms in total. The molecule has 0 N–H and O–H groups in total. The highest BCUT2D eigenvalue weighted by Gasteiger charge is 2.37. The number of amides is 4. The van der Waals surface area contributed by atoms with Crippen LogP contribution in [0.5, 0.6) is 0 Å². The topological polar surface area (TPSA) is 57.7 Å². The molecular formula is C18H22N2O3. The molecule has 1 saturated heterocycles. The van der Waals surface area contributed by atoms with E-state index in [9.17, 15) is 14.4 Å². The number of urea groups is 1. The smallest absolute Gasteiger partial charge is 0.268 e. The van der Waals surface area contributed by atoms with Crippen molar-refractivity contribution in [3.8, 4) is 0 Å². The van der Waals surface area contributed by atoms with Crippen LogP contribution in [0.2, 0.25) is 0 Å². The molecule has 1 aromatic rings. The number of hydrogen-bond donors (Lipinski definition) is 0. The Balaban J connectivity index is 2.43. The largest absolute Gasteiger partial charge is 0.333 e. The molecule has 1 heterocycles. The average molecular weight is 314 g/mol. The van der Waals surface area contributed by atoms with Gasteiger partial charge in [0.05, 0.1) is 0 Å². The lowest BCUT2D eigenvalue weighted by molar-refractivity contribution is -0.134. The molecule has 0 spiro atoms. The molecule has 2 rings (SSSR count). The van der Waals surface area contributed by atoms with Crippen molar-refractivity contribution in [3.63, 3.8) is 0 Å². The van der Waals surface area contributed by atoms with E-state index in [1.54, 1.807) is 6.08 Å². The van der Waals surface area contributed by atoms with Gasteiger partial charge in [0, 0.05) is 14.1 Å². The van der Waals surface area contributed by atoms with Crippen LogP contribution < -0.4 is 0 Å². The van der Waals surface area contributed by atoms with Crippen LogP contribution in [-0.2, 0) is 16.0 Å². The number of likely N-dealkylation sites (N-methyl/N-ethyl adjacent to an activating group) is 2. The fourth-order valence-corrected chi connectivity index (χ4v) is 2.51. The highest BCUT2D eigenvalue weighted by atomic mass is 16.2. The lowest BCUT2D eigenvalue weighted by Crippen LogP contribution is -2.52. The Morgan fingerprint density at radius 3 is 2.17 bits per heavy atom. The van der Waals surface area contributed by atoms with E-state index in [0.717, 1.165) is 33.8 Å².